The molecule has 3 N–H and O–H groups in total. The third kappa shape index (κ3) is 4.80. The van der Waals surface area contributed by atoms with E-state index in [9.17, 15) is 0 Å². The average molecular weight is 263 g/mol. The number of likely N-dealkylation sites (N-methyl/N-ethyl adjacent to an activating group) is 1. The molecule has 0 amide bonds. The van der Waals surface area contributed by atoms with Crippen molar-refractivity contribution in [1.29, 1.82) is 0 Å². The number of aromatic nitrogens is 1. The first-order valence-corrected chi connectivity index (χ1v) is 7.33. The second-order valence-corrected chi connectivity index (χ2v) is 5.27. The van der Waals surface area contributed by atoms with Crippen LogP contribution < -0.4 is 11.1 Å². The molecule has 106 valence electrons. The largest absolute Gasteiger partial charge is 0.384 e. The summed E-state index contributed by atoms with van der Waals surface area (Å²) in [5.74, 6) is 0.599. The van der Waals surface area contributed by atoms with Crippen LogP contribution in [0.5, 0.6) is 0 Å². The van der Waals surface area contributed by atoms with Crippen LogP contribution in [-0.2, 0) is 11.2 Å². The van der Waals surface area contributed by atoms with Gasteiger partial charge in [-0.3, -0.25) is 0 Å². The number of nitrogens with zero attached hydrogens (tertiary/aromatic N) is 1. The van der Waals surface area contributed by atoms with Crippen molar-refractivity contribution in [2.45, 2.75) is 51.2 Å². The fourth-order valence-electron chi connectivity index (χ4n) is 2.74. The molecule has 1 aliphatic heterocycles. The van der Waals surface area contributed by atoms with E-state index in [0.29, 0.717) is 18.0 Å². The van der Waals surface area contributed by atoms with Gasteiger partial charge in [0.05, 0.1) is 6.10 Å². The van der Waals surface area contributed by atoms with Crippen molar-refractivity contribution in [3.8, 4) is 0 Å². The maximum absolute atomic E-state index is 5.84. The van der Waals surface area contributed by atoms with Gasteiger partial charge in [0.2, 0.25) is 0 Å². The molecule has 2 rings (SSSR count). The van der Waals surface area contributed by atoms with Crippen LogP contribution >= 0.6 is 0 Å². The molecule has 1 fully saturated rings. The fraction of sp³-hybridized carbons (Fsp3) is 0.667. The Labute approximate surface area is 115 Å². The highest BCUT2D eigenvalue weighted by atomic mass is 16.5. The Morgan fingerprint density at radius 3 is 3.11 bits per heavy atom. The van der Waals surface area contributed by atoms with Crippen LogP contribution in [0.15, 0.2) is 18.3 Å². The number of ether oxygens (including phenoxy) is 1. The molecule has 1 aromatic heterocycles. The second kappa shape index (κ2) is 7.46. The van der Waals surface area contributed by atoms with E-state index in [1.165, 1.54) is 24.8 Å². The number of hydrogen-bond acceptors (Lipinski definition) is 4. The van der Waals surface area contributed by atoms with Crippen molar-refractivity contribution in [1.82, 2.24) is 10.3 Å². The Hall–Kier alpha value is -1.13. The zero-order valence-corrected chi connectivity index (χ0v) is 11.8. The van der Waals surface area contributed by atoms with Gasteiger partial charge in [0, 0.05) is 18.8 Å². The molecule has 1 aromatic rings. The standard InChI is InChI=1S/C15H25N3O/c1-2-17-13(11-14-5-3-4-8-19-14)9-12-6-7-18-15(16)10-12/h6-7,10,13-14,17H,2-5,8-9,11H2,1H3,(H2,16,18). The third-order valence-electron chi connectivity index (χ3n) is 3.64. The molecule has 0 spiro atoms. The minimum absolute atomic E-state index is 0.414. The van der Waals surface area contributed by atoms with Gasteiger partial charge < -0.3 is 15.8 Å². The highest BCUT2D eigenvalue weighted by Gasteiger charge is 2.19. The summed E-state index contributed by atoms with van der Waals surface area (Å²) in [4.78, 5) is 4.04. The number of pyridine rings is 1. The van der Waals surface area contributed by atoms with Gasteiger partial charge in [-0.05, 0) is 56.3 Å². The maximum Gasteiger partial charge on any atom is 0.123 e. The van der Waals surface area contributed by atoms with E-state index in [2.05, 4.69) is 17.2 Å². The average Bonchev–Trinajstić information content (AvgIpc) is 2.40. The van der Waals surface area contributed by atoms with Gasteiger partial charge in [0.15, 0.2) is 0 Å². The Morgan fingerprint density at radius 2 is 2.42 bits per heavy atom. The third-order valence-corrected chi connectivity index (χ3v) is 3.64. The first-order valence-electron chi connectivity index (χ1n) is 7.33. The van der Waals surface area contributed by atoms with Crippen molar-refractivity contribution >= 4 is 5.82 Å². The van der Waals surface area contributed by atoms with E-state index in [1.807, 2.05) is 12.1 Å². The van der Waals surface area contributed by atoms with Crippen LogP contribution in [0, 0.1) is 0 Å². The molecule has 4 nitrogen and oxygen atoms in total. The van der Waals surface area contributed by atoms with E-state index >= 15 is 0 Å². The molecule has 4 heteroatoms. The van der Waals surface area contributed by atoms with Gasteiger partial charge in [-0.15, -0.1) is 0 Å². The molecule has 1 aliphatic rings. The van der Waals surface area contributed by atoms with Gasteiger partial charge in [0.1, 0.15) is 5.82 Å². The summed E-state index contributed by atoms with van der Waals surface area (Å²) < 4.78 is 5.84. The highest BCUT2D eigenvalue weighted by Crippen LogP contribution is 2.19. The summed E-state index contributed by atoms with van der Waals surface area (Å²) in [6, 6.07) is 4.46. The fourth-order valence-corrected chi connectivity index (χ4v) is 2.74. The lowest BCUT2D eigenvalue weighted by Crippen LogP contribution is -2.36. The molecule has 0 radical (unpaired) electrons. The minimum atomic E-state index is 0.414. The first kappa shape index (κ1) is 14.3. The summed E-state index contributed by atoms with van der Waals surface area (Å²) in [6.45, 7) is 4.05. The number of rotatable bonds is 6. The van der Waals surface area contributed by atoms with Crippen LogP contribution in [0.3, 0.4) is 0 Å². The van der Waals surface area contributed by atoms with Crippen molar-refractivity contribution in [3.05, 3.63) is 23.9 Å². The normalized spacial score (nSPS) is 21.2. The summed E-state index contributed by atoms with van der Waals surface area (Å²) >= 11 is 0. The summed E-state index contributed by atoms with van der Waals surface area (Å²) in [6.07, 6.45) is 7.97. The maximum atomic E-state index is 5.84. The van der Waals surface area contributed by atoms with E-state index in [0.717, 1.165) is 26.0 Å². The number of nitrogens with two attached hydrogens (primary N) is 1. The zero-order chi connectivity index (χ0) is 13.5. The zero-order valence-electron chi connectivity index (χ0n) is 11.8. The predicted octanol–water partition coefficient (Wildman–Crippen LogP) is 2.14. The summed E-state index contributed by atoms with van der Waals surface area (Å²) in [5.41, 5.74) is 6.98. The van der Waals surface area contributed by atoms with Gasteiger partial charge in [-0.1, -0.05) is 6.92 Å². The lowest BCUT2D eigenvalue weighted by Gasteiger charge is -2.27. The van der Waals surface area contributed by atoms with E-state index in [-0.39, 0.29) is 0 Å². The summed E-state index contributed by atoms with van der Waals surface area (Å²) in [7, 11) is 0. The van der Waals surface area contributed by atoms with Crippen LogP contribution in [0.1, 0.15) is 38.2 Å². The Kier molecular flexibility index (Phi) is 5.61. The van der Waals surface area contributed by atoms with E-state index in [1.54, 1.807) is 6.20 Å². The van der Waals surface area contributed by atoms with Crippen molar-refractivity contribution in [3.63, 3.8) is 0 Å². The van der Waals surface area contributed by atoms with Crippen molar-refractivity contribution in [2.75, 3.05) is 18.9 Å². The van der Waals surface area contributed by atoms with Crippen LogP contribution in [0.2, 0.25) is 0 Å². The predicted molar refractivity (Wildman–Crippen MR) is 78.0 cm³/mol. The molecule has 0 bridgehead atoms. The number of nitrogens with one attached hydrogen (secondary N) is 1. The Morgan fingerprint density at radius 1 is 1.53 bits per heavy atom. The topological polar surface area (TPSA) is 60.2 Å². The lowest BCUT2D eigenvalue weighted by molar-refractivity contribution is 0.00535. The van der Waals surface area contributed by atoms with Crippen molar-refractivity contribution in [2.24, 2.45) is 0 Å². The molecular weight excluding hydrogens is 238 g/mol. The number of hydrogen-bond donors (Lipinski definition) is 2. The Balaban J connectivity index is 1.91. The van der Waals surface area contributed by atoms with Gasteiger partial charge in [-0.2, -0.15) is 0 Å². The van der Waals surface area contributed by atoms with Crippen LogP contribution in [0.4, 0.5) is 5.82 Å². The van der Waals surface area contributed by atoms with Gasteiger partial charge >= 0.3 is 0 Å². The molecule has 2 unspecified atom stereocenters. The molecule has 0 aromatic carbocycles. The molecule has 2 atom stereocenters. The number of nitrogen functional groups attached to an aromatic ring is 1. The monoisotopic (exact) mass is 263 g/mol. The molecular formula is C15H25N3O. The minimum Gasteiger partial charge on any atom is -0.384 e. The lowest BCUT2D eigenvalue weighted by atomic mass is 9.97. The molecule has 19 heavy (non-hydrogen) atoms. The SMILES string of the molecule is CCNC(Cc1ccnc(N)c1)CC1CCCCO1. The quantitative estimate of drug-likeness (QED) is 0.825. The van der Waals surface area contributed by atoms with Gasteiger partial charge in [0.25, 0.3) is 0 Å². The van der Waals surface area contributed by atoms with E-state index in [4.69, 9.17) is 10.5 Å². The van der Waals surface area contributed by atoms with Crippen molar-refractivity contribution < 1.29 is 4.74 Å². The molecule has 1 saturated heterocycles. The van der Waals surface area contributed by atoms with Crippen LogP contribution in [-0.4, -0.2) is 30.3 Å². The summed E-state index contributed by atoms with van der Waals surface area (Å²) in [5, 5.41) is 3.56. The second-order valence-electron chi connectivity index (χ2n) is 5.27. The van der Waals surface area contributed by atoms with Gasteiger partial charge in [-0.25, -0.2) is 4.98 Å². The highest BCUT2D eigenvalue weighted by molar-refractivity contribution is 5.32. The first-order chi connectivity index (χ1) is 9.28. The number of anilines is 1. The smallest absolute Gasteiger partial charge is 0.123 e. The van der Waals surface area contributed by atoms with Crippen LogP contribution in [0.25, 0.3) is 0 Å². The molecule has 0 aliphatic carbocycles. The Bertz CT molecular complexity index is 377. The van der Waals surface area contributed by atoms with E-state index < -0.39 is 0 Å². The molecule has 0 saturated carbocycles. The molecule has 2 heterocycles.